The van der Waals surface area contributed by atoms with Crippen LogP contribution in [0.4, 0.5) is 5.69 Å². The molecule has 0 spiro atoms. The number of hydrogen-bond acceptors (Lipinski definition) is 9. The third kappa shape index (κ3) is 12.9. The maximum absolute atomic E-state index is 13.0. The highest BCUT2D eigenvalue weighted by atomic mass is 16.5. The molecule has 0 saturated heterocycles. The predicted molar refractivity (Wildman–Crippen MR) is 155 cm³/mol. The molecule has 0 radical (unpaired) electrons. The number of aliphatic hydroxyl groups excluding tert-OH is 1. The van der Waals surface area contributed by atoms with Gasteiger partial charge in [0.1, 0.15) is 12.1 Å². The SMILES string of the molecule is C[C@H](NC(=O)CCOCCOCCN1C(=O)C=CC1=O)C(=O)N[C@@H](CCCCN(C)C)C(=O)Nc1ccc(CO)cc1. The van der Waals surface area contributed by atoms with Crippen molar-refractivity contribution in [3.8, 4) is 0 Å². The van der Waals surface area contributed by atoms with E-state index in [-0.39, 0.29) is 69.6 Å². The summed E-state index contributed by atoms with van der Waals surface area (Å²) in [7, 11) is 3.93. The Bertz CT molecular complexity index is 1060. The van der Waals surface area contributed by atoms with Crippen LogP contribution in [0.3, 0.4) is 0 Å². The van der Waals surface area contributed by atoms with Gasteiger partial charge >= 0.3 is 0 Å². The number of benzene rings is 1. The summed E-state index contributed by atoms with van der Waals surface area (Å²) < 4.78 is 10.7. The van der Waals surface area contributed by atoms with Crippen LogP contribution in [0.25, 0.3) is 0 Å². The van der Waals surface area contributed by atoms with Gasteiger partial charge in [-0.05, 0) is 64.5 Å². The molecule has 0 saturated carbocycles. The zero-order valence-corrected chi connectivity index (χ0v) is 24.6. The van der Waals surface area contributed by atoms with Gasteiger partial charge in [-0.15, -0.1) is 0 Å². The van der Waals surface area contributed by atoms with Gasteiger partial charge in [-0.3, -0.25) is 28.9 Å². The minimum Gasteiger partial charge on any atom is -0.392 e. The van der Waals surface area contributed by atoms with Crippen molar-refractivity contribution in [2.75, 3.05) is 58.9 Å². The van der Waals surface area contributed by atoms with E-state index >= 15 is 0 Å². The van der Waals surface area contributed by atoms with E-state index in [2.05, 4.69) is 16.0 Å². The van der Waals surface area contributed by atoms with Gasteiger partial charge in [0.2, 0.25) is 17.7 Å². The monoisotopic (exact) mass is 589 g/mol. The van der Waals surface area contributed by atoms with Crippen molar-refractivity contribution in [2.24, 2.45) is 0 Å². The fourth-order valence-electron chi connectivity index (χ4n) is 3.94. The summed E-state index contributed by atoms with van der Waals surface area (Å²) in [5.41, 5.74) is 1.26. The number of unbranched alkanes of at least 4 members (excludes halogenated alkanes) is 1. The maximum Gasteiger partial charge on any atom is 0.253 e. The van der Waals surface area contributed by atoms with Crippen molar-refractivity contribution in [3.63, 3.8) is 0 Å². The first kappa shape index (κ1) is 34.6. The van der Waals surface area contributed by atoms with E-state index in [1.165, 1.54) is 12.2 Å². The standard InChI is InChI=1S/C29H43N5O8/c1-21(30-25(36)13-16-41-18-19-42-17-15-34-26(37)11-12-27(34)38)28(39)32-24(6-4-5-14-33(2)3)29(40)31-23-9-7-22(20-35)8-10-23/h7-12,21,24,35H,4-6,13-20H2,1-3H3,(H,30,36)(H,31,40)(H,32,39)/t21-,24-/m0/s1. The van der Waals surface area contributed by atoms with Crippen LogP contribution >= 0.6 is 0 Å². The Morgan fingerprint density at radius 3 is 2.17 bits per heavy atom. The van der Waals surface area contributed by atoms with E-state index < -0.39 is 18.0 Å². The molecule has 13 nitrogen and oxygen atoms in total. The highest BCUT2D eigenvalue weighted by Crippen LogP contribution is 2.12. The number of carbonyl (C=O) groups excluding carboxylic acids is 5. The van der Waals surface area contributed by atoms with Gasteiger partial charge < -0.3 is 35.4 Å². The predicted octanol–water partition coefficient (Wildman–Crippen LogP) is 0.187. The molecule has 0 aromatic heterocycles. The second-order valence-electron chi connectivity index (χ2n) is 10.1. The molecule has 1 aromatic carbocycles. The summed E-state index contributed by atoms with van der Waals surface area (Å²) in [4.78, 5) is 64.2. The Morgan fingerprint density at radius 2 is 1.55 bits per heavy atom. The molecule has 4 N–H and O–H groups in total. The highest BCUT2D eigenvalue weighted by Gasteiger charge is 2.25. The van der Waals surface area contributed by atoms with Gasteiger partial charge in [0.15, 0.2) is 0 Å². The molecular formula is C29H43N5O8. The number of amides is 5. The van der Waals surface area contributed by atoms with Crippen molar-refractivity contribution >= 4 is 35.2 Å². The first-order valence-corrected chi connectivity index (χ1v) is 14.0. The van der Waals surface area contributed by atoms with E-state index in [0.717, 1.165) is 17.9 Å². The minimum absolute atomic E-state index is 0.0261. The van der Waals surface area contributed by atoms with Crippen LogP contribution in [0, 0.1) is 0 Å². The lowest BCUT2D eigenvalue weighted by molar-refractivity contribution is -0.137. The van der Waals surface area contributed by atoms with Gasteiger partial charge in [0.05, 0.1) is 39.6 Å². The number of nitrogens with zero attached hydrogens (tertiary/aromatic N) is 2. The van der Waals surface area contributed by atoms with E-state index in [9.17, 15) is 29.1 Å². The van der Waals surface area contributed by atoms with Crippen LogP contribution < -0.4 is 16.0 Å². The minimum atomic E-state index is -0.868. The molecule has 2 rings (SSSR count). The third-order valence-electron chi connectivity index (χ3n) is 6.36. The normalized spacial score (nSPS) is 14.3. The average Bonchev–Trinajstić information content (AvgIpc) is 3.28. The third-order valence-corrected chi connectivity index (χ3v) is 6.36. The molecule has 42 heavy (non-hydrogen) atoms. The molecule has 1 aliphatic heterocycles. The Kier molecular flexibility index (Phi) is 15.4. The van der Waals surface area contributed by atoms with Crippen molar-refractivity contribution in [3.05, 3.63) is 42.0 Å². The zero-order chi connectivity index (χ0) is 30.9. The van der Waals surface area contributed by atoms with Crippen LogP contribution in [0.1, 0.15) is 38.2 Å². The number of anilines is 1. The summed E-state index contributed by atoms with van der Waals surface area (Å²) in [6, 6.07) is 5.11. The lowest BCUT2D eigenvalue weighted by Gasteiger charge is -2.22. The Morgan fingerprint density at radius 1 is 0.905 bits per heavy atom. The second kappa shape index (κ2) is 18.7. The molecule has 0 fully saturated rings. The number of hydrogen-bond donors (Lipinski definition) is 4. The summed E-state index contributed by atoms with van der Waals surface area (Å²) in [5, 5.41) is 17.4. The lowest BCUT2D eigenvalue weighted by atomic mass is 10.1. The Hall–Kier alpha value is -3.65. The van der Waals surface area contributed by atoms with Crippen molar-refractivity contribution < 1.29 is 38.6 Å². The van der Waals surface area contributed by atoms with Crippen molar-refractivity contribution in [1.82, 2.24) is 20.4 Å². The molecule has 1 heterocycles. The van der Waals surface area contributed by atoms with E-state index in [1.54, 1.807) is 31.2 Å². The van der Waals surface area contributed by atoms with Crippen LogP contribution in [-0.2, 0) is 40.1 Å². The van der Waals surface area contributed by atoms with E-state index in [1.807, 2.05) is 19.0 Å². The number of aliphatic hydroxyl groups is 1. The number of rotatable bonds is 20. The van der Waals surface area contributed by atoms with Crippen molar-refractivity contribution in [2.45, 2.75) is 51.3 Å². The largest absolute Gasteiger partial charge is 0.392 e. The van der Waals surface area contributed by atoms with Gasteiger partial charge in [0, 0.05) is 24.3 Å². The smallest absolute Gasteiger partial charge is 0.253 e. The van der Waals surface area contributed by atoms with Crippen LogP contribution in [0.15, 0.2) is 36.4 Å². The fraction of sp³-hybridized carbons (Fsp3) is 0.552. The summed E-state index contributed by atoms with van der Waals surface area (Å²) in [6.07, 6.45) is 4.45. The fourth-order valence-corrected chi connectivity index (χ4v) is 3.94. The van der Waals surface area contributed by atoms with Gasteiger partial charge in [-0.2, -0.15) is 0 Å². The zero-order valence-electron chi connectivity index (χ0n) is 24.6. The molecular weight excluding hydrogens is 546 g/mol. The average molecular weight is 590 g/mol. The van der Waals surface area contributed by atoms with Gasteiger partial charge in [0.25, 0.3) is 11.8 Å². The number of nitrogens with one attached hydrogen (secondary N) is 3. The molecule has 1 aromatic rings. The summed E-state index contributed by atoms with van der Waals surface area (Å²) in [5.74, 6) is -1.95. The first-order valence-electron chi connectivity index (χ1n) is 14.0. The van der Waals surface area contributed by atoms with E-state index in [4.69, 9.17) is 9.47 Å². The topological polar surface area (TPSA) is 167 Å². The molecule has 5 amide bonds. The maximum atomic E-state index is 13.0. The first-order chi connectivity index (χ1) is 20.1. The quantitative estimate of drug-likeness (QED) is 0.123. The Balaban J connectivity index is 1.71. The second-order valence-corrected chi connectivity index (χ2v) is 10.1. The van der Waals surface area contributed by atoms with Crippen LogP contribution in [0.2, 0.25) is 0 Å². The lowest BCUT2D eigenvalue weighted by Crippen LogP contribution is -2.51. The molecule has 0 bridgehead atoms. The summed E-state index contributed by atoms with van der Waals surface area (Å²) >= 11 is 0. The molecule has 1 aliphatic rings. The van der Waals surface area contributed by atoms with Crippen molar-refractivity contribution in [1.29, 1.82) is 0 Å². The van der Waals surface area contributed by atoms with Crippen LogP contribution in [0.5, 0.6) is 0 Å². The molecule has 13 heteroatoms. The number of ether oxygens (including phenoxy) is 2. The van der Waals surface area contributed by atoms with Gasteiger partial charge in [-0.25, -0.2) is 0 Å². The summed E-state index contributed by atoms with van der Waals surface area (Å²) in [6.45, 7) is 3.19. The molecule has 0 unspecified atom stereocenters. The van der Waals surface area contributed by atoms with Gasteiger partial charge in [-0.1, -0.05) is 12.1 Å². The molecule has 0 aliphatic carbocycles. The highest BCUT2D eigenvalue weighted by molar-refractivity contribution is 6.12. The van der Waals surface area contributed by atoms with E-state index in [0.29, 0.717) is 24.1 Å². The van der Waals surface area contributed by atoms with Crippen LogP contribution in [-0.4, -0.2) is 110 Å². The molecule has 2 atom stereocenters. The molecule has 232 valence electrons. The Labute approximate surface area is 246 Å². The number of carbonyl (C=O) groups is 5. The number of imide groups is 1.